The van der Waals surface area contributed by atoms with Gasteiger partial charge in [-0.2, -0.15) is 0 Å². The van der Waals surface area contributed by atoms with E-state index in [2.05, 4.69) is 9.97 Å². The van der Waals surface area contributed by atoms with E-state index in [1.165, 1.54) is 12.1 Å². The number of pyridine rings is 2. The summed E-state index contributed by atoms with van der Waals surface area (Å²) < 4.78 is 9.47. The Kier molecular flexibility index (Phi) is 13.6. The van der Waals surface area contributed by atoms with Crippen molar-refractivity contribution in [3.8, 4) is 0 Å². The molecule has 0 atom stereocenters. The van der Waals surface area contributed by atoms with Gasteiger partial charge in [-0.1, -0.05) is 53.8 Å². The van der Waals surface area contributed by atoms with Crippen LogP contribution in [-0.4, -0.2) is 45.3 Å². The molecule has 31 heavy (non-hydrogen) atoms. The largest absolute Gasteiger partial charge is 0.461 e. The number of nitrogens with zero attached hydrogens (tertiary/aromatic N) is 2. The number of carbonyl (C=O) groups excluding carboxylic acids is 2. The summed E-state index contributed by atoms with van der Waals surface area (Å²) in [5, 5.41) is 18.3. The number of esters is 2. The highest BCUT2D eigenvalue weighted by molar-refractivity contribution is 6.43. The predicted molar refractivity (Wildman–Crippen MR) is 119 cm³/mol. The molecule has 2 heterocycles. The van der Waals surface area contributed by atoms with Crippen LogP contribution >= 0.6 is 46.4 Å². The van der Waals surface area contributed by atoms with Gasteiger partial charge in [0.15, 0.2) is 5.69 Å². The molecule has 2 N–H and O–H groups in total. The first-order valence-electron chi connectivity index (χ1n) is 8.45. The Bertz CT molecular complexity index is 911. The zero-order chi connectivity index (χ0) is 22.8. The summed E-state index contributed by atoms with van der Waals surface area (Å²) >= 11 is 23.0. The van der Waals surface area contributed by atoms with Crippen molar-refractivity contribution in [2.45, 2.75) is 34.5 Å². The number of hydrogen-bond donors (Lipinski definition) is 2. The van der Waals surface area contributed by atoms with Crippen LogP contribution in [0.4, 0.5) is 0 Å². The van der Waals surface area contributed by atoms with Crippen LogP contribution < -0.4 is 0 Å². The molecule has 0 spiro atoms. The number of rotatable bonds is 6. The van der Waals surface area contributed by atoms with Crippen molar-refractivity contribution in [1.29, 1.82) is 0 Å². The standard InChI is InChI=1S/2C9H9Cl2NO3.CH4/c1-2-15-9(14)6-3-5(10)8(11)7(4-13)12-6;1-2-15-9(14)8-7(11)6(10)3-5(4-13)12-8;/h2*3,13H,2,4H2,1H3;1H4. The molecular formula is C19H22Cl4N2O6. The highest BCUT2D eigenvalue weighted by Crippen LogP contribution is 2.26. The molecule has 8 nitrogen and oxygen atoms in total. The first-order valence-corrected chi connectivity index (χ1v) is 9.96. The van der Waals surface area contributed by atoms with Gasteiger partial charge in [0.25, 0.3) is 0 Å². The van der Waals surface area contributed by atoms with Crippen molar-refractivity contribution < 1.29 is 29.3 Å². The summed E-state index contributed by atoms with van der Waals surface area (Å²) in [6, 6.07) is 2.70. The summed E-state index contributed by atoms with van der Waals surface area (Å²) in [6.07, 6.45) is 0. The third-order valence-corrected chi connectivity index (χ3v) is 4.81. The van der Waals surface area contributed by atoms with Crippen LogP contribution in [0.15, 0.2) is 12.1 Å². The smallest absolute Gasteiger partial charge is 0.358 e. The maximum Gasteiger partial charge on any atom is 0.358 e. The predicted octanol–water partition coefficient (Wildman–Crippen LogP) is 4.75. The number of aliphatic hydroxyl groups excluding tert-OH is 2. The number of hydrogen-bond acceptors (Lipinski definition) is 8. The molecule has 0 bridgehead atoms. The van der Waals surface area contributed by atoms with Crippen LogP contribution in [0.1, 0.15) is 53.6 Å². The van der Waals surface area contributed by atoms with E-state index in [0.29, 0.717) is 0 Å². The molecular weight excluding hydrogens is 494 g/mol. The van der Waals surface area contributed by atoms with Crippen molar-refractivity contribution in [1.82, 2.24) is 9.97 Å². The molecule has 0 saturated heterocycles. The topological polar surface area (TPSA) is 119 Å². The van der Waals surface area contributed by atoms with Crippen LogP contribution in [0.25, 0.3) is 0 Å². The van der Waals surface area contributed by atoms with Crippen molar-refractivity contribution in [3.05, 3.63) is 55.0 Å². The molecule has 0 aliphatic heterocycles. The first kappa shape index (κ1) is 29.3. The lowest BCUT2D eigenvalue weighted by Crippen LogP contribution is -2.09. The van der Waals surface area contributed by atoms with Crippen molar-refractivity contribution in [2.24, 2.45) is 0 Å². The van der Waals surface area contributed by atoms with Crippen LogP contribution in [0.2, 0.25) is 20.1 Å². The van der Waals surface area contributed by atoms with Gasteiger partial charge in [0.2, 0.25) is 0 Å². The summed E-state index contributed by atoms with van der Waals surface area (Å²) in [6.45, 7) is 3.12. The SMILES string of the molecule is C.CCOC(=O)c1cc(Cl)c(Cl)c(CO)n1.CCOC(=O)c1nc(CO)cc(Cl)c1Cl. The van der Waals surface area contributed by atoms with E-state index in [-0.39, 0.29) is 76.7 Å². The van der Waals surface area contributed by atoms with Gasteiger partial charge in [-0.3, -0.25) is 0 Å². The lowest BCUT2D eigenvalue weighted by Gasteiger charge is -2.06. The van der Waals surface area contributed by atoms with Gasteiger partial charge in [0.05, 0.1) is 57.9 Å². The van der Waals surface area contributed by atoms with E-state index in [0.717, 1.165) is 0 Å². The molecule has 12 heteroatoms. The van der Waals surface area contributed by atoms with E-state index in [1.807, 2.05) is 0 Å². The van der Waals surface area contributed by atoms with E-state index >= 15 is 0 Å². The number of aliphatic hydroxyl groups is 2. The maximum absolute atomic E-state index is 11.4. The Balaban J connectivity index is 0.000000562. The summed E-state index contributed by atoms with van der Waals surface area (Å²) in [5.74, 6) is -1.24. The van der Waals surface area contributed by atoms with Crippen molar-refractivity contribution >= 4 is 58.3 Å². The van der Waals surface area contributed by atoms with Gasteiger partial charge in [0, 0.05) is 0 Å². The van der Waals surface area contributed by atoms with Gasteiger partial charge in [-0.25, -0.2) is 19.6 Å². The molecule has 172 valence electrons. The molecule has 2 aromatic heterocycles. The van der Waals surface area contributed by atoms with Gasteiger partial charge >= 0.3 is 11.9 Å². The third-order valence-electron chi connectivity index (χ3n) is 3.21. The van der Waals surface area contributed by atoms with Gasteiger partial charge in [0.1, 0.15) is 5.69 Å². The van der Waals surface area contributed by atoms with Crippen LogP contribution in [-0.2, 0) is 22.7 Å². The van der Waals surface area contributed by atoms with Crippen LogP contribution in [0.3, 0.4) is 0 Å². The van der Waals surface area contributed by atoms with Crippen LogP contribution in [0.5, 0.6) is 0 Å². The minimum atomic E-state index is -0.653. The zero-order valence-corrected chi connectivity index (χ0v) is 18.9. The molecule has 0 fully saturated rings. The average molecular weight is 516 g/mol. The summed E-state index contributed by atoms with van der Waals surface area (Å²) in [4.78, 5) is 30.3. The molecule has 0 aromatic carbocycles. The second-order valence-electron chi connectivity index (χ2n) is 5.27. The second-order valence-corrected chi connectivity index (χ2v) is 6.84. The normalized spacial score (nSPS) is 9.81. The molecule has 0 unspecified atom stereocenters. The first-order chi connectivity index (χ1) is 14.2. The fourth-order valence-electron chi connectivity index (χ4n) is 1.93. The Morgan fingerprint density at radius 2 is 1.42 bits per heavy atom. The summed E-state index contributed by atoms with van der Waals surface area (Å²) in [7, 11) is 0. The molecule has 0 aliphatic rings. The van der Waals surface area contributed by atoms with E-state index in [4.69, 9.17) is 66.1 Å². The zero-order valence-electron chi connectivity index (χ0n) is 15.9. The van der Waals surface area contributed by atoms with Gasteiger partial charge in [-0.05, 0) is 26.0 Å². The highest BCUT2D eigenvalue weighted by Gasteiger charge is 2.17. The Hall–Kier alpha value is -1.68. The lowest BCUT2D eigenvalue weighted by molar-refractivity contribution is 0.0509. The number of ether oxygens (including phenoxy) is 2. The quantitative estimate of drug-likeness (QED) is 0.529. The number of halogens is 4. The Labute approximate surface area is 200 Å². The minimum Gasteiger partial charge on any atom is -0.461 e. The second kappa shape index (κ2) is 14.4. The van der Waals surface area contributed by atoms with Crippen molar-refractivity contribution in [2.75, 3.05) is 13.2 Å². The third kappa shape index (κ3) is 8.40. The highest BCUT2D eigenvalue weighted by atomic mass is 35.5. The Morgan fingerprint density at radius 1 is 0.871 bits per heavy atom. The van der Waals surface area contributed by atoms with Gasteiger partial charge < -0.3 is 19.7 Å². The Morgan fingerprint density at radius 3 is 1.94 bits per heavy atom. The number of aromatic nitrogens is 2. The monoisotopic (exact) mass is 514 g/mol. The number of carbonyl (C=O) groups is 2. The molecule has 0 saturated carbocycles. The summed E-state index contributed by atoms with van der Waals surface area (Å²) in [5.41, 5.74) is 0.394. The average Bonchev–Trinajstić information content (AvgIpc) is 2.72. The lowest BCUT2D eigenvalue weighted by atomic mass is 10.3. The van der Waals surface area contributed by atoms with E-state index in [9.17, 15) is 9.59 Å². The minimum absolute atomic E-state index is 0. The van der Waals surface area contributed by atoms with Crippen LogP contribution in [0, 0.1) is 0 Å². The fraction of sp³-hybridized carbons (Fsp3) is 0.368. The van der Waals surface area contributed by atoms with Crippen molar-refractivity contribution in [3.63, 3.8) is 0 Å². The van der Waals surface area contributed by atoms with Gasteiger partial charge in [-0.15, -0.1) is 0 Å². The fourth-order valence-corrected chi connectivity index (χ4v) is 2.68. The van der Waals surface area contributed by atoms with E-state index in [1.54, 1.807) is 13.8 Å². The van der Waals surface area contributed by atoms with E-state index < -0.39 is 11.9 Å². The molecule has 0 aliphatic carbocycles. The molecule has 0 amide bonds. The molecule has 0 radical (unpaired) electrons. The molecule has 2 rings (SSSR count). The molecule has 2 aromatic rings. The maximum atomic E-state index is 11.4.